The van der Waals surface area contributed by atoms with E-state index in [1.165, 1.54) is 0 Å². The molecule has 0 aliphatic carbocycles. The minimum absolute atomic E-state index is 0.150. The summed E-state index contributed by atoms with van der Waals surface area (Å²) >= 11 is 0. The average Bonchev–Trinajstić information content (AvgIpc) is 2.23. The monoisotopic (exact) mass is 190 g/mol. The molecule has 0 fully saturated rings. The topological polar surface area (TPSA) is 46.3 Å². The van der Waals surface area contributed by atoms with Crippen LogP contribution in [0.1, 0.15) is 30.1 Å². The van der Waals surface area contributed by atoms with Gasteiger partial charge in [0.25, 0.3) is 0 Å². The first-order chi connectivity index (χ1) is 6.74. The maximum Gasteiger partial charge on any atom is 0.167 e. The highest BCUT2D eigenvalue weighted by molar-refractivity contribution is 6.03. The Morgan fingerprint density at radius 1 is 1.50 bits per heavy atom. The summed E-state index contributed by atoms with van der Waals surface area (Å²) in [7, 11) is 0. The molecule has 3 nitrogen and oxygen atoms in total. The number of benzene rings is 1. The molecule has 1 heterocycles. The average molecular weight is 190 g/mol. The van der Waals surface area contributed by atoms with E-state index < -0.39 is 0 Å². The molecule has 1 atom stereocenters. The van der Waals surface area contributed by atoms with E-state index in [1.807, 2.05) is 31.2 Å². The summed E-state index contributed by atoms with van der Waals surface area (Å²) in [6.07, 6.45) is 1.43. The van der Waals surface area contributed by atoms with Crippen molar-refractivity contribution < 1.29 is 4.79 Å². The second-order valence-corrected chi connectivity index (χ2v) is 3.61. The van der Waals surface area contributed by atoms with Gasteiger partial charge in [-0.05, 0) is 18.6 Å². The largest absolute Gasteiger partial charge is 0.307 e. The fourth-order valence-corrected chi connectivity index (χ4v) is 1.89. The third-order valence-corrected chi connectivity index (χ3v) is 2.77. The summed E-state index contributed by atoms with van der Waals surface area (Å²) in [5.41, 5.74) is 1.61. The van der Waals surface area contributed by atoms with Gasteiger partial charge in [-0.25, -0.2) is 5.84 Å². The third kappa shape index (κ3) is 1.30. The van der Waals surface area contributed by atoms with E-state index in [9.17, 15) is 4.79 Å². The lowest BCUT2D eigenvalue weighted by Gasteiger charge is -2.33. The van der Waals surface area contributed by atoms with Crippen LogP contribution >= 0.6 is 0 Å². The predicted octanol–water partition coefficient (Wildman–Crippen LogP) is 1.73. The smallest absolute Gasteiger partial charge is 0.167 e. The molecule has 0 aromatic heterocycles. The van der Waals surface area contributed by atoms with Gasteiger partial charge in [-0.2, -0.15) is 0 Å². The zero-order chi connectivity index (χ0) is 10.1. The Labute approximate surface area is 83.5 Å². The van der Waals surface area contributed by atoms with Crippen LogP contribution in [0.3, 0.4) is 0 Å². The molecule has 2 N–H and O–H groups in total. The Hall–Kier alpha value is -1.35. The molecule has 0 spiro atoms. The fraction of sp³-hybridized carbons (Fsp3) is 0.364. The highest BCUT2D eigenvalue weighted by Gasteiger charge is 2.27. The normalized spacial score (nSPS) is 20.9. The van der Waals surface area contributed by atoms with Crippen LogP contribution in [-0.2, 0) is 0 Å². The Balaban J connectivity index is 2.46. The lowest BCUT2D eigenvalue weighted by atomic mass is 9.95. The molecule has 1 aliphatic rings. The number of Topliss-reactive ketones (excluding diaryl/α,β-unsaturated/α-hetero) is 1. The van der Waals surface area contributed by atoms with Crippen LogP contribution in [0.5, 0.6) is 0 Å². The number of ketones is 1. The summed E-state index contributed by atoms with van der Waals surface area (Å²) in [5.74, 6) is 6.15. The van der Waals surface area contributed by atoms with E-state index in [0.717, 1.165) is 17.7 Å². The first kappa shape index (κ1) is 9.21. The number of rotatable bonds is 1. The third-order valence-electron chi connectivity index (χ3n) is 2.77. The van der Waals surface area contributed by atoms with Crippen LogP contribution in [-0.4, -0.2) is 11.8 Å². The summed E-state index contributed by atoms with van der Waals surface area (Å²) in [4.78, 5) is 11.7. The van der Waals surface area contributed by atoms with Gasteiger partial charge >= 0.3 is 0 Å². The van der Waals surface area contributed by atoms with Gasteiger partial charge in [-0.15, -0.1) is 0 Å². The van der Waals surface area contributed by atoms with E-state index in [0.29, 0.717) is 6.42 Å². The molecule has 74 valence electrons. The Bertz CT molecular complexity index is 362. The number of anilines is 1. The molecular weight excluding hydrogens is 176 g/mol. The van der Waals surface area contributed by atoms with Crippen LogP contribution in [0, 0.1) is 0 Å². The van der Waals surface area contributed by atoms with Gasteiger partial charge in [-0.1, -0.05) is 19.1 Å². The van der Waals surface area contributed by atoms with E-state index in [4.69, 9.17) is 5.84 Å². The number of hydrogen-bond acceptors (Lipinski definition) is 3. The van der Waals surface area contributed by atoms with Crippen molar-refractivity contribution in [2.45, 2.75) is 25.8 Å². The van der Waals surface area contributed by atoms with E-state index in [-0.39, 0.29) is 11.8 Å². The van der Waals surface area contributed by atoms with Crippen LogP contribution in [0.4, 0.5) is 5.69 Å². The number of hydrazine groups is 1. The summed E-state index contributed by atoms with van der Waals surface area (Å²) in [6, 6.07) is 7.66. The molecular formula is C11H14N2O. The van der Waals surface area contributed by atoms with Gasteiger partial charge in [-0.3, -0.25) is 4.79 Å². The minimum Gasteiger partial charge on any atom is -0.307 e. The Morgan fingerprint density at radius 2 is 2.21 bits per heavy atom. The van der Waals surface area contributed by atoms with Gasteiger partial charge in [0.05, 0.1) is 11.7 Å². The molecule has 2 rings (SSSR count). The predicted molar refractivity (Wildman–Crippen MR) is 56.1 cm³/mol. The standard InChI is InChI=1S/C11H14N2O/c1-2-8-7-11(14)9-5-3-4-6-10(9)13(8)12/h3-6,8H,2,7,12H2,1H3. The first-order valence-electron chi connectivity index (χ1n) is 4.90. The van der Waals surface area contributed by atoms with Crippen molar-refractivity contribution in [2.75, 3.05) is 5.01 Å². The van der Waals surface area contributed by atoms with Crippen molar-refractivity contribution in [3.8, 4) is 0 Å². The molecule has 0 amide bonds. The number of nitrogens with two attached hydrogens (primary N) is 1. The van der Waals surface area contributed by atoms with Crippen molar-refractivity contribution in [3.05, 3.63) is 29.8 Å². The fourth-order valence-electron chi connectivity index (χ4n) is 1.89. The van der Waals surface area contributed by atoms with Gasteiger partial charge in [0.15, 0.2) is 5.78 Å². The van der Waals surface area contributed by atoms with Crippen LogP contribution in [0.2, 0.25) is 0 Å². The van der Waals surface area contributed by atoms with Crippen molar-refractivity contribution in [1.82, 2.24) is 0 Å². The van der Waals surface area contributed by atoms with Crippen LogP contribution in [0.25, 0.3) is 0 Å². The molecule has 0 bridgehead atoms. The highest BCUT2D eigenvalue weighted by atomic mass is 16.1. The summed E-state index contributed by atoms with van der Waals surface area (Å²) < 4.78 is 0. The van der Waals surface area contributed by atoms with Crippen LogP contribution < -0.4 is 10.9 Å². The van der Waals surface area contributed by atoms with Crippen LogP contribution in [0.15, 0.2) is 24.3 Å². The number of para-hydroxylation sites is 1. The lowest BCUT2D eigenvalue weighted by Crippen LogP contribution is -2.46. The van der Waals surface area contributed by atoms with Crippen molar-refractivity contribution in [2.24, 2.45) is 5.84 Å². The maximum atomic E-state index is 11.7. The molecule has 0 radical (unpaired) electrons. The quantitative estimate of drug-likeness (QED) is 0.686. The molecule has 1 aliphatic heterocycles. The number of fused-ring (bicyclic) bond motifs is 1. The molecule has 3 heteroatoms. The van der Waals surface area contributed by atoms with E-state index >= 15 is 0 Å². The van der Waals surface area contributed by atoms with Gasteiger partial charge in [0.2, 0.25) is 0 Å². The second-order valence-electron chi connectivity index (χ2n) is 3.61. The molecule has 1 aromatic rings. The van der Waals surface area contributed by atoms with Gasteiger partial charge in [0, 0.05) is 12.0 Å². The zero-order valence-corrected chi connectivity index (χ0v) is 8.23. The SMILES string of the molecule is CCC1CC(=O)c2ccccc2N1N. The van der Waals surface area contributed by atoms with Gasteiger partial charge in [0.1, 0.15) is 0 Å². The second kappa shape index (κ2) is 3.42. The highest BCUT2D eigenvalue weighted by Crippen LogP contribution is 2.28. The summed E-state index contributed by atoms with van der Waals surface area (Å²) in [5, 5.41) is 1.72. The van der Waals surface area contributed by atoms with E-state index in [1.54, 1.807) is 5.01 Å². The molecule has 0 saturated carbocycles. The molecule has 1 unspecified atom stereocenters. The van der Waals surface area contributed by atoms with Crippen molar-refractivity contribution in [3.63, 3.8) is 0 Å². The first-order valence-corrected chi connectivity index (χ1v) is 4.90. The van der Waals surface area contributed by atoms with Gasteiger partial charge < -0.3 is 5.01 Å². The number of carbonyl (C=O) groups excluding carboxylic acids is 1. The number of hydrogen-bond donors (Lipinski definition) is 1. The number of nitrogens with zero attached hydrogens (tertiary/aromatic N) is 1. The molecule has 14 heavy (non-hydrogen) atoms. The molecule has 1 aromatic carbocycles. The minimum atomic E-state index is 0.150. The zero-order valence-electron chi connectivity index (χ0n) is 8.23. The Kier molecular flexibility index (Phi) is 2.25. The van der Waals surface area contributed by atoms with Crippen molar-refractivity contribution >= 4 is 11.5 Å². The Morgan fingerprint density at radius 3 is 2.93 bits per heavy atom. The molecule has 0 saturated heterocycles. The number of carbonyl (C=O) groups is 1. The summed E-state index contributed by atoms with van der Waals surface area (Å²) in [6.45, 7) is 2.05. The van der Waals surface area contributed by atoms with E-state index in [2.05, 4.69) is 0 Å². The lowest BCUT2D eigenvalue weighted by molar-refractivity contribution is 0.0965. The van der Waals surface area contributed by atoms with Crippen molar-refractivity contribution in [1.29, 1.82) is 0 Å². The maximum absolute atomic E-state index is 11.7.